The van der Waals surface area contributed by atoms with E-state index in [0.717, 1.165) is 0 Å². The Balaban J connectivity index is 4.22. The number of aliphatic hydroxyl groups is 1. The first-order valence-corrected chi connectivity index (χ1v) is 6.18. The number of carboxylic acids is 1. The zero-order valence-electron chi connectivity index (χ0n) is 8.75. The second-order valence-corrected chi connectivity index (χ2v) is 5.06. The van der Waals surface area contributed by atoms with Gasteiger partial charge in [-0.1, -0.05) is 6.92 Å². The maximum atomic E-state index is 11.4. The highest BCUT2D eigenvalue weighted by Gasteiger charge is 2.23. The highest BCUT2D eigenvalue weighted by atomic mass is 32.2. The Labute approximate surface area is 93.7 Å². The van der Waals surface area contributed by atoms with Crippen molar-refractivity contribution >= 4 is 16.0 Å². The van der Waals surface area contributed by atoms with Gasteiger partial charge in [0.15, 0.2) is 11.4 Å². The zero-order valence-corrected chi connectivity index (χ0v) is 9.57. The normalized spacial score (nSPS) is 15.1. The minimum Gasteiger partial charge on any atom is -0.479 e. The average molecular weight is 250 g/mol. The fraction of sp³-hybridized carbons (Fsp3) is 0.750. The van der Waals surface area contributed by atoms with Crippen LogP contribution in [0.5, 0.6) is 0 Å². The summed E-state index contributed by atoms with van der Waals surface area (Å²) in [6, 6.07) is 1.62. The number of sulfonamides is 1. The van der Waals surface area contributed by atoms with E-state index in [-0.39, 0.29) is 19.4 Å². The van der Waals surface area contributed by atoms with Gasteiger partial charge in [-0.2, -0.15) is 5.26 Å². The van der Waals surface area contributed by atoms with Crippen LogP contribution >= 0.6 is 0 Å². The first kappa shape index (κ1) is 14.8. The fourth-order valence-corrected chi connectivity index (χ4v) is 2.12. The van der Waals surface area contributed by atoms with Gasteiger partial charge in [0.05, 0.1) is 6.07 Å². The lowest BCUT2D eigenvalue weighted by molar-refractivity contribution is -0.146. The molecule has 2 unspecified atom stereocenters. The number of rotatable bonds is 7. The maximum absolute atomic E-state index is 11.4. The molecule has 16 heavy (non-hydrogen) atoms. The lowest BCUT2D eigenvalue weighted by Gasteiger charge is -2.10. The van der Waals surface area contributed by atoms with Crippen molar-refractivity contribution in [3.05, 3.63) is 0 Å². The number of hydrogen-bond acceptors (Lipinski definition) is 5. The molecular weight excluding hydrogens is 236 g/mol. The molecule has 2 atom stereocenters. The number of nitrogens with one attached hydrogen (secondary N) is 1. The Morgan fingerprint density at radius 3 is 2.50 bits per heavy atom. The Bertz CT molecular complexity index is 372. The Hall–Kier alpha value is -1.17. The Kier molecular flexibility index (Phi) is 5.95. The Morgan fingerprint density at radius 2 is 2.12 bits per heavy atom. The summed E-state index contributed by atoms with van der Waals surface area (Å²) in [5.41, 5.74) is 0. The summed E-state index contributed by atoms with van der Waals surface area (Å²) in [5.74, 6) is -1.41. The fourth-order valence-electron chi connectivity index (χ4n) is 0.942. The van der Waals surface area contributed by atoms with Crippen LogP contribution in [0.2, 0.25) is 0 Å². The largest absolute Gasteiger partial charge is 0.479 e. The van der Waals surface area contributed by atoms with E-state index < -0.39 is 27.3 Å². The van der Waals surface area contributed by atoms with Crippen molar-refractivity contribution in [1.29, 1.82) is 5.26 Å². The predicted octanol–water partition coefficient (Wildman–Crippen LogP) is -0.956. The lowest BCUT2D eigenvalue weighted by atomic mass is 10.3. The number of carboxylic acid groups (broad SMARTS) is 1. The van der Waals surface area contributed by atoms with Crippen molar-refractivity contribution in [3.63, 3.8) is 0 Å². The first-order valence-electron chi connectivity index (χ1n) is 4.64. The third kappa shape index (κ3) is 4.57. The molecule has 0 saturated carbocycles. The van der Waals surface area contributed by atoms with Crippen LogP contribution < -0.4 is 4.72 Å². The zero-order chi connectivity index (χ0) is 12.8. The van der Waals surface area contributed by atoms with Gasteiger partial charge in [-0.05, 0) is 12.8 Å². The average Bonchev–Trinajstić information content (AvgIpc) is 2.18. The molecule has 0 rings (SSSR count). The van der Waals surface area contributed by atoms with Crippen LogP contribution in [0, 0.1) is 11.3 Å². The van der Waals surface area contributed by atoms with Crippen molar-refractivity contribution in [3.8, 4) is 6.07 Å². The maximum Gasteiger partial charge on any atom is 0.332 e. The minimum absolute atomic E-state index is 0.146. The van der Waals surface area contributed by atoms with Crippen LogP contribution in [0.15, 0.2) is 0 Å². The second-order valence-electron chi connectivity index (χ2n) is 3.11. The molecular formula is C8H14N2O5S. The molecule has 7 nitrogen and oxygen atoms in total. The summed E-state index contributed by atoms with van der Waals surface area (Å²) in [4.78, 5) is 10.2. The summed E-state index contributed by atoms with van der Waals surface area (Å²) >= 11 is 0. The van der Waals surface area contributed by atoms with E-state index in [9.17, 15) is 13.2 Å². The van der Waals surface area contributed by atoms with Crippen molar-refractivity contribution in [2.75, 3.05) is 6.54 Å². The van der Waals surface area contributed by atoms with E-state index in [1.165, 1.54) is 0 Å². The molecule has 3 N–H and O–H groups in total. The molecule has 0 heterocycles. The number of carbonyl (C=O) groups is 1. The van der Waals surface area contributed by atoms with E-state index in [0.29, 0.717) is 0 Å². The number of hydrogen-bond donors (Lipinski definition) is 3. The van der Waals surface area contributed by atoms with Crippen LogP contribution in [-0.2, 0) is 14.8 Å². The molecule has 0 aliphatic carbocycles. The van der Waals surface area contributed by atoms with Gasteiger partial charge in [0.25, 0.3) is 0 Å². The van der Waals surface area contributed by atoms with Crippen LogP contribution in [0.4, 0.5) is 0 Å². The monoisotopic (exact) mass is 250 g/mol. The topological polar surface area (TPSA) is 127 Å². The Morgan fingerprint density at radius 1 is 1.56 bits per heavy atom. The summed E-state index contributed by atoms with van der Waals surface area (Å²) in [6.45, 7) is 1.34. The van der Waals surface area contributed by atoms with Gasteiger partial charge in [-0.15, -0.1) is 0 Å². The molecule has 0 amide bonds. The molecule has 0 saturated heterocycles. The summed E-state index contributed by atoms with van der Waals surface area (Å²) in [6.07, 6.45) is -1.70. The van der Waals surface area contributed by atoms with Crippen LogP contribution in [0.25, 0.3) is 0 Å². The van der Waals surface area contributed by atoms with Gasteiger partial charge < -0.3 is 10.2 Å². The van der Waals surface area contributed by atoms with Crippen LogP contribution in [0.3, 0.4) is 0 Å². The highest BCUT2D eigenvalue weighted by molar-refractivity contribution is 7.90. The van der Waals surface area contributed by atoms with Crippen molar-refractivity contribution in [2.45, 2.75) is 31.1 Å². The summed E-state index contributed by atoms with van der Waals surface area (Å²) in [7, 11) is -3.76. The van der Waals surface area contributed by atoms with Crippen molar-refractivity contribution in [1.82, 2.24) is 4.72 Å². The smallest absolute Gasteiger partial charge is 0.332 e. The van der Waals surface area contributed by atoms with Gasteiger partial charge in [0.1, 0.15) is 0 Å². The molecule has 8 heteroatoms. The number of aliphatic carboxylic acids is 1. The molecule has 0 spiro atoms. The van der Waals surface area contributed by atoms with E-state index in [1.54, 1.807) is 13.0 Å². The number of aliphatic hydroxyl groups excluding tert-OH is 1. The SMILES string of the molecule is CCC(C#N)S(=O)(=O)NCCC(O)C(=O)O. The van der Waals surface area contributed by atoms with E-state index in [1.807, 2.05) is 0 Å². The second kappa shape index (κ2) is 6.42. The third-order valence-electron chi connectivity index (χ3n) is 1.90. The molecule has 0 aromatic heterocycles. The number of nitrogens with zero attached hydrogens (tertiary/aromatic N) is 1. The van der Waals surface area contributed by atoms with Gasteiger partial charge in [0, 0.05) is 6.54 Å². The lowest BCUT2D eigenvalue weighted by Crippen LogP contribution is -2.36. The van der Waals surface area contributed by atoms with Gasteiger partial charge in [-0.25, -0.2) is 17.9 Å². The molecule has 0 fully saturated rings. The van der Waals surface area contributed by atoms with Crippen LogP contribution in [-0.4, -0.2) is 42.5 Å². The van der Waals surface area contributed by atoms with E-state index >= 15 is 0 Å². The molecule has 0 radical (unpaired) electrons. The van der Waals surface area contributed by atoms with Crippen LogP contribution in [0.1, 0.15) is 19.8 Å². The van der Waals surface area contributed by atoms with Gasteiger partial charge in [-0.3, -0.25) is 0 Å². The molecule has 0 aliphatic heterocycles. The molecule has 0 aromatic carbocycles. The predicted molar refractivity (Wildman–Crippen MR) is 54.9 cm³/mol. The van der Waals surface area contributed by atoms with Crippen molar-refractivity contribution in [2.24, 2.45) is 0 Å². The van der Waals surface area contributed by atoms with Crippen molar-refractivity contribution < 1.29 is 23.4 Å². The summed E-state index contributed by atoms with van der Waals surface area (Å²) < 4.78 is 24.8. The molecule has 0 bridgehead atoms. The van der Waals surface area contributed by atoms with E-state index in [2.05, 4.69) is 4.72 Å². The van der Waals surface area contributed by atoms with Gasteiger partial charge in [0.2, 0.25) is 10.0 Å². The molecule has 0 aromatic rings. The van der Waals surface area contributed by atoms with Gasteiger partial charge >= 0.3 is 5.97 Å². The minimum atomic E-state index is -3.76. The molecule has 0 aliphatic rings. The molecule has 92 valence electrons. The third-order valence-corrected chi connectivity index (χ3v) is 3.69. The summed E-state index contributed by atoms with van der Waals surface area (Å²) in [5, 5.41) is 24.6. The highest BCUT2D eigenvalue weighted by Crippen LogP contribution is 2.02. The van der Waals surface area contributed by atoms with E-state index in [4.69, 9.17) is 15.5 Å². The standard InChI is InChI=1S/C8H14N2O5S/c1-2-6(5-9)16(14,15)10-4-3-7(11)8(12)13/h6-7,10-11H,2-4H2,1H3,(H,12,13). The quantitative estimate of drug-likeness (QED) is 0.534. The number of nitriles is 1. The first-order chi connectivity index (χ1) is 7.35.